The lowest BCUT2D eigenvalue weighted by Gasteiger charge is -2.26. The molecule has 13 heavy (non-hydrogen) atoms. The van der Waals surface area contributed by atoms with E-state index in [1.807, 2.05) is 6.92 Å². The van der Waals surface area contributed by atoms with Gasteiger partial charge in [0.1, 0.15) is 12.6 Å². The van der Waals surface area contributed by atoms with Crippen LogP contribution in [0, 0.1) is 0 Å². The fourth-order valence-electron chi connectivity index (χ4n) is 1.64. The Balaban J connectivity index is 0.00000144. The van der Waals surface area contributed by atoms with E-state index >= 15 is 0 Å². The van der Waals surface area contributed by atoms with Gasteiger partial charge in [0.25, 0.3) is 0 Å². The van der Waals surface area contributed by atoms with Crippen LogP contribution in [0.15, 0.2) is 0 Å². The predicted octanol–water partition coefficient (Wildman–Crippen LogP) is -2.77. The number of ether oxygens (including phenoxy) is 1. The minimum absolute atomic E-state index is 0. The van der Waals surface area contributed by atoms with E-state index in [1.54, 1.807) is 0 Å². The molecule has 0 amide bonds. The minimum atomic E-state index is -0.262. The number of nitrogens with zero attached hydrogens (tertiary/aromatic N) is 1. The van der Waals surface area contributed by atoms with Gasteiger partial charge < -0.3 is 26.7 Å². The van der Waals surface area contributed by atoms with Gasteiger partial charge in [-0.2, -0.15) is 0 Å². The lowest BCUT2D eigenvalue weighted by atomic mass is 10.1. The summed E-state index contributed by atoms with van der Waals surface area (Å²) in [6.07, 6.45) is 0.773. The molecule has 1 rings (SSSR count). The maximum atomic E-state index is 9.43. The molecule has 1 aliphatic rings. The molecule has 0 radical (unpaired) electrons. The SMILES string of the molecule is CC1OC(C[N+](C)(C)C)CC1O.[Cl-]. The topological polar surface area (TPSA) is 29.5 Å². The Morgan fingerprint density at radius 3 is 2.23 bits per heavy atom. The van der Waals surface area contributed by atoms with E-state index in [0.717, 1.165) is 17.4 Å². The Kier molecular flexibility index (Phi) is 4.66. The zero-order valence-corrected chi connectivity index (χ0v) is 9.58. The quantitative estimate of drug-likeness (QED) is 0.500. The van der Waals surface area contributed by atoms with Crippen molar-refractivity contribution in [1.82, 2.24) is 0 Å². The first kappa shape index (κ1) is 13.2. The lowest BCUT2D eigenvalue weighted by Crippen LogP contribution is -3.00. The Labute approximate surface area is 86.7 Å². The first-order chi connectivity index (χ1) is 5.38. The minimum Gasteiger partial charge on any atom is -1.00 e. The third-order valence-electron chi connectivity index (χ3n) is 2.20. The van der Waals surface area contributed by atoms with Gasteiger partial charge in [-0.05, 0) is 6.92 Å². The van der Waals surface area contributed by atoms with Crippen LogP contribution < -0.4 is 12.4 Å². The van der Waals surface area contributed by atoms with Crippen LogP contribution in [0.3, 0.4) is 0 Å². The molecule has 3 atom stereocenters. The van der Waals surface area contributed by atoms with Crippen LogP contribution in [0.1, 0.15) is 13.3 Å². The number of hydrogen-bond donors (Lipinski definition) is 1. The molecule has 0 aromatic heterocycles. The summed E-state index contributed by atoms with van der Waals surface area (Å²) in [7, 11) is 6.41. The third kappa shape index (κ3) is 4.27. The van der Waals surface area contributed by atoms with Crippen molar-refractivity contribution in [2.75, 3.05) is 27.7 Å². The Morgan fingerprint density at radius 2 is 1.92 bits per heavy atom. The van der Waals surface area contributed by atoms with Crippen LogP contribution in [0.5, 0.6) is 0 Å². The van der Waals surface area contributed by atoms with Crippen LogP contribution in [-0.2, 0) is 4.74 Å². The normalized spacial score (nSPS) is 34.4. The standard InChI is InChI=1S/C9H20NO2.ClH/c1-7-9(11)5-8(12-7)6-10(2,3)4;/h7-9,11H,5-6H2,1-4H3;1H/q+1;/p-1. The fraction of sp³-hybridized carbons (Fsp3) is 1.00. The first-order valence-electron chi connectivity index (χ1n) is 4.52. The number of quaternary nitrogens is 1. The van der Waals surface area contributed by atoms with Gasteiger partial charge >= 0.3 is 0 Å². The highest BCUT2D eigenvalue weighted by molar-refractivity contribution is 4.78. The second-order valence-corrected chi connectivity index (χ2v) is 4.74. The summed E-state index contributed by atoms with van der Waals surface area (Å²) in [5.41, 5.74) is 0. The Morgan fingerprint density at radius 1 is 1.38 bits per heavy atom. The van der Waals surface area contributed by atoms with Gasteiger partial charge in [0.15, 0.2) is 0 Å². The molecule has 1 N–H and O–H groups in total. The molecule has 1 aliphatic heterocycles. The molecular formula is C9H20ClNO2. The first-order valence-corrected chi connectivity index (χ1v) is 4.52. The highest BCUT2D eigenvalue weighted by atomic mass is 35.5. The van der Waals surface area contributed by atoms with E-state index < -0.39 is 0 Å². The van der Waals surface area contributed by atoms with Crippen molar-refractivity contribution in [1.29, 1.82) is 0 Å². The summed E-state index contributed by atoms with van der Waals surface area (Å²) in [5.74, 6) is 0. The van der Waals surface area contributed by atoms with Crippen LogP contribution in [-0.4, -0.2) is 55.6 Å². The number of likely N-dealkylation sites (N-methyl/N-ethyl adjacent to an activating group) is 1. The fourth-order valence-corrected chi connectivity index (χ4v) is 1.64. The van der Waals surface area contributed by atoms with Crippen LogP contribution in [0.25, 0.3) is 0 Å². The zero-order chi connectivity index (χ0) is 9.35. The molecule has 0 aliphatic carbocycles. The molecule has 0 aromatic rings. The maximum Gasteiger partial charge on any atom is 0.109 e. The number of rotatable bonds is 2. The maximum absolute atomic E-state index is 9.43. The van der Waals surface area contributed by atoms with E-state index in [9.17, 15) is 5.11 Å². The molecule has 0 bridgehead atoms. The van der Waals surface area contributed by atoms with Crippen molar-refractivity contribution >= 4 is 0 Å². The van der Waals surface area contributed by atoms with E-state index in [4.69, 9.17) is 4.74 Å². The highest BCUT2D eigenvalue weighted by Crippen LogP contribution is 2.21. The van der Waals surface area contributed by atoms with Gasteiger partial charge in [-0.1, -0.05) is 0 Å². The second-order valence-electron chi connectivity index (χ2n) is 4.74. The summed E-state index contributed by atoms with van der Waals surface area (Å²) >= 11 is 0. The highest BCUT2D eigenvalue weighted by Gasteiger charge is 2.33. The van der Waals surface area contributed by atoms with E-state index in [2.05, 4.69) is 21.1 Å². The van der Waals surface area contributed by atoms with Crippen molar-refractivity contribution in [3.8, 4) is 0 Å². The average Bonchev–Trinajstić information content (AvgIpc) is 2.07. The van der Waals surface area contributed by atoms with Gasteiger partial charge in [0.2, 0.25) is 0 Å². The molecule has 0 saturated carbocycles. The van der Waals surface area contributed by atoms with Gasteiger partial charge in [-0.25, -0.2) is 0 Å². The number of halogens is 1. The monoisotopic (exact) mass is 209 g/mol. The van der Waals surface area contributed by atoms with Gasteiger partial charge in [-0.3, -0.25) is 0 Å². The lowest BCUT2D eigenvalue weighted by molar-refractivity contribution is -0.873. The van der Waals surface area contributed by atoms with Crippen LogP contribution in [0.4, 0.5) is 0 Å². The second kappa shape index (κ2) is 4.60. The average molecular weight is 210 g/mol. The van der Waals surface area contributed by atoms with E-state index in [0.29, 0.717) is 0 Å². The molecule has 0 spiro atoms. The summed E-state index contributed by atoms with van der Waals surface area (Å²) in [4.78, 5) is 0. The van der Waals surface area contributed by atoms with Crippen molar-refractivity contribution in [2.24, 2.45) is 0 Å². The molecule has 3 nitrogen and oxygen atoms in total. The molecule has 1 saturated heterocycles. The molecule has 3 unspecified atom stereocenters. The largest absolute Gasteiger partial charge is 1.00 e. The summed E-state index contributed by atoms with van der Waals surface area (Å²) in [6, 6.07) is 0. The molecular weight excluding hydrogens is 190 g/mol. The molecule has 80 valence electrons. The van der Waals surface area contributed by atoms with Crippen molar-refractivity contribution < 1.29 is 26.7 Å². The number of aliphatic hydroxyl groups is 1. The molecule has 1 fully saturated rings. The van der Waals surface area contributed by atoms with Gasteiger partial charge in [0.05, 0.1) is 33.4 Å². The molecule has 0 aromatic carbocycles. The number of aliphatic hydroxyl groups excluding tert-OH is 1. The summed E-state index contributed by atoms with van der Waals surface area (Å²) < 4.78 is 6.48. The smallest absolute Gasteiger partial charge is 0.109 e. The van der Waals surface area contributed by atoms with Gasteiger partial charge in [-0.15, -0.1) is 0 Å². The van der Waals surface area contributed by atoms with Crippen molar-refractivity contribution in [3.05, 3.63) is 0 Å². The molecule has 1 heterocycles. The van der Waals surface area contributed by atoms with Crippen LogP contribution >= 0.6 is 0 Å². The molecule has 4 heteroatoms. The van der Waals surface area contributed by atoms with Gasteiger partial charge in [0, 0.05) is 6.42 Å². The summed E-state index contributed by atoms with van der Waals surface area (Å²) in [5, 5.41) is 9.43. The predicted molar refractivity (Wildman–Crippen MR) is 47.9 cm³/mol. The Hall–Kier alpha value is 0.170. The van der Waals surface area contributed by atoms with E-state index in [1.165, 1.54) is 0 Å². The summed E-state index contributed by atoms with van der Waals surface area (Å²) in [6.45, 7) is 2.90. The van der Waals surface area contributed by atoms with Crippen LogP contribution in [0.2, 0.25) is 0 Å². The third-order valence-corrected chi connectivity index (χ3v) is 2.20. The van der Waals surface area contributed by atoms with E-state index in [-0.39, 0.29) is 30.7 Å². The number of hydrogen-bond acceptors (Lipinski definition) is 2. The van der Waals surface area contributed by atoms with Crippen molar-refractivity contribution in [2.45, 2.75) is 31.7 Å². The zero-order valence-electron chi connectivity index (χ0n) is 8.83. The van der Waals surface area contributed by atoms with Crippen molar-refractivity contribution in [3.63, 3.8) is 0 Å². The Bertz CT molecular complexity index is 148.